The normalized spacial score (nSPS) is 16.2. The fourth-order valence-electron chi connectivity index (χ4n) is 3.27. The Morgan fingerprint density at radius 3 is 2.80 bits per heavy atom. The van der Waals surface area contributed by atoms with Gasteiger partial charge in [0.25, 0.3) is 11.5 Å². The van der Waals surface area contributed by atoms with Crippen LogP contribution in [-0.4, -0.2) is 21.9 Å². The van der Waals surface area contributed by atoms with Crippen LogP contribution in [-0.2, 0) is 12.8 Å². The van der Waals surface area contributed by atoms with Gasteiger partial charge in [0, 0.05) is 23.0 Å². The molecule has 4 rings (SSSR count). The van der Waals surface area contributed by atoms with Gasteiger partial charge in [-0.25, -0.2) is 4.98 Å². The first-order chi connectivity index (χ1) is 12.1. The highest BCUT2D eigenvalue weighted by Crippen LogP contribution is 2.25. The van der Waals surface area contributed by atoms with E-state index in [1.54, 1.807) is 12.1 Å². The lowest BCUT2D eigenvalue weighted by atomic mass is 9.96. The largest absolute Gasteiger partial charge is 0.367 e. The van der Waals surface area contributed by atoms with Gasteiger partial charge in [-0.1, -0.05) is 0 Å². The van der Waals surface area contributed by atoms with Crippen molar-refractivity contribution in [2.75, 3.05) is 10.6 Å². The highest BCUT2D eigenvalue weighted by Gasteiger charge is 2.22. The molecule has 0 aromatic carbocycles. The van der Waals surface area contributed by atoms with Crippen LogP contribution >= 0.6 is 0 Å². The summed E-state index contributed by atoms with van der Waals surface area (Å²) in [5.41, 5.74) is 3.49. The van der Waals surface area contributed by atoms with E-state index in [1.807, 2.05) is 13.0 Å². The molecule has 6 heteroatoms. The van der Waals surface area contributed by atoms with Crippen LogP contribution in [0.3, 0.4) is 0 Å². The molecule has 2 heterocycles. The highest BCUT2D eigenvalue weighted by molar-refractivity contribution is 6.04. The van der Waals surface area contributed by atoms with Crippen molar-refractivity contribution in [1.29, 1.82) is 0 Å². The Balaban J connectivity index is 1.57. The molecule has 2 aromatic heterocycles. The number of amides is 1. The minimum Gasteiger partial charge on any atom is -0.367 e. The number of anilines is 2. The predicted octanol–water partition coefficient (Wildman–Crippen LogP) is 2.78. The van der Waals surface area contributed by atoms with Gasteiger partial charge >= 0.3 is 0 Å². The lowest BCUT2D eigenvalue weighted by molar-refractivity contribution is 0.102. The van der Waals surface area contributed by atoms with Crippen molar-refractivity contribution in [2.45, 2.75) is 51.5 Å². The van der Waals surface area contributed by atoms with Crippen LogP contribution in [0, 0.1) is 6.92 Å². The molecular formula is C19H22N4O2. The van der Waals surface area contributed by atoms with Crippen LogP contribution in [0.25, 0.3) is 0 Å². The fourth-order valence-corrected chi connectivity index (χ4v) is 3.27. The zero-order valence-corrected chi connectivity index (χ0v) is 14.3. The third-order valence-electron chi connectivity index (χ3n) is 4.73. The number of fused-ring (bicyclic) bond motifs is 1. The summed E-state index contributed by atoms with van der Waals surface area (Å²) >= 11 is 0. The van der Waals surface area contributed by atoms with Gasteiger partial charge < -0.3 is 15.6 Å². The number of hydrogen-bond acceptors (Lipinski definition) is 4. The van der Waals surface area contributed by atoms with E-state index in [1.165, 1.54) is 0 Å². The molecule has 0 spiro atoms. The predicted molar refractivity (Wildman–Crippen MR) is 97.3 cm³/mol. The molecule has 3 N–H and O–H groups in total. The van der Waals surface area contributed by atoms with Crippen LogP contribution in [0.1, 0.15) is 53.0 Å². The number of aryl methyl sites for hydroxylation is 3. The monoisotopic (exact) mass is 338 g/mol. The number of carbonyl (C=O) groups is 1. The molecule has 2 aliphatic rings. The summed E-state index contributed by atoms with van der Waals surface area (Å²) in [7, 11) is 0. The van der Waals surface area contributed by atoms with E-state index >= 15 is 0 Å². The molecule has 1 saturated carbocycles. The van der Waals surface area contributed by atoms with Crippen molar-refractivity contribution in [2.24, 2.45) is 0 Å². The number of pyridine rings is 2. The van der Waals surface area contributed by atoms with E-state index in [0.717, 1.165) is 55.5 Å². The molecule has 0 unspecified atom stereocenters. The Labute approximate surface area is 146 Å². The van der Waals surface area contributed by atoms with E-state index in [2.05, 4.69) is 20.6 Å². The van der Waals surface area contributed by atoms with Gasteiger partial charge in [-0.2, -0.15) is 0 Å². The quantitative estimate of drug-likeness (QED) is 0.800. The average molecular weight is 338 g/mol. The Hall–Kier alpha value is -2.63. The highest BCUT2D eigenvalue weighted by atomic mass is 16.2. The molecule has 2 aliphatic carbocycles. The van der Waals surface area contributed by atoms with Gasteiger partial charge in [-0.05, 0) is 69.2 Å². The maximum absolute atomic E-state index is 12.6. The zero-order valence-electron chi connectivity index (χ0n) is 14.3. The van der Waals surface area contributed by atoms with Crippen LogP contribution < -0.4 is 16.2 Å². The number of H-pyrrole nitrogens is 1. The first kappa shape index (κ1) is 15.9. The lowest BCUT2D eigenvalue weighted by Crippen LogP contribution is -2.23. The van der Waals surface area contributed by atoms with E-state index in [4.69, 9.17) is 0 Å². The number of nitrogens with zero attached hydrogens (tertiary/aromatic N) is 1. The molecule has 6 nitrogen and oxygen atoms in total. The summed E-state index contributed by atoms with van der Waals surface area (Å²) in [6.07, 6.45) is 6.34. The number of nitrogens with one attached hydrogen (secondary N) is 3. The summed E-state index contributed by atoms with van der Waals surface area (Å²) < 4.78 is 0. The third kappa shape index (κ3) is 3.57. The molecule has 0 bridgehead atoms. The first-order valence-corrected chi connectivity index (χ1v) is 8.90. The van der Waals surface area contributed by atoms with Crippen LogP contribution in [0.5, 0.6) is 0 Å². The van der Waals surface area contributed by atoms with Gasteiger partial charge in [0.2, 0.25) is 0 Å². The van der Waals surface area contributed by atoms with E-state index in [0.29, 0.717) is 23.1 Å². The van der Waals surface area contributed by atoms with E-state index in [-0.39, 0.29) is 11.5 Å². The molecule has 130 valence electrons. The molecule has 0 saturated heterocycles. The second-order valence-electron chi connectivity index (χ2n) is 6.98. The van der Waals surface area contributed by atoms with Gasteiger partial charge in [0.05, 0.1) is 0 Å². The number of aromatic amines is 1. The molecule has 1 amide bonds. The maximum Gasteiger partial charge on any atom is 0.271 e. The second kappa shape index (κ2) is 6.35. The minimum absolute atomic E-state index is 0.240. The molecule has 0 radical (unpaired) electrons. The van der Waals surface area contributed by atoms with E-state index < -0.39 is 0 Å². The van der Waals surface area contributed by atoms with Crippen molar-refractivity contribution in [3.63, 3.8) is 0 Å². The molecule has 0 aliphatic heterocycles. The Morgan fingerprint density at radius 1 is 1.20 bits per heavy atom. The topological polar surface area (TPSA) is 86.9 Å². The Morgan fingerprint density at radius 2 is 2.00 bits per heavy atom. The minimum atomic E-state index is -0.286. The number of hydrogen-bond donors (Lipinski definition) is 3. The second-order valence-corrected chi connectivity index (χ2v) is 6.98. The molecule has 25 heavy (non-hydrogen) atoms. The summed E-state index contributed by atoms with van der Waals surface area (Å²) in [6.45, 7) is 1.86. The molecular weight excluding hydrogens is 316 g/mol. The molecule has 1 fully saturated rings. The van der Waals surface area contributed by atoms with Gasteiger partial charge in [-0.15, -0.1) is 0 Å². The van der Waals surface area contributed by atoms with Gasteiger partial charge in [0.1, 0.15) is 11.5 Å². The van der Waals surface area contributed by atoms with Crippen LogP contribution in [0.2, 0.25) is 0 Å². The number of aromatic nitrogens is 2. The summed E-state index contributed by atoms with van der Waals surface area (Å²) in [6, 6.07) is 5.77. The Bertz CT molecular complexity index is 883. The zero-order chi connectivity index (χ0) is 17.4. The summed E-state index contributed by atoms with van der Waals surface area (Å²) in [5, 5.41) is 6.07. The summed E-state index contributed by atoms with van der Waals surface area (Å²) in [4.78, 5) is 32.2. The van der Waals surface area contributed by atoms with Crippen molar-refractivity contribution in [3.05, 3.63) is 51.1 Å². The fraction of sp³-hybridized carbons (Fsp3) is 0.421. The third-order valence-corrected chi connectivity index (χ3v) is 4.73. The van der Waals surface area contributed by atoms with Crippen molar-refractivity contribution in [1.82, 2.24) is 9.97 Å². The standard InChI is InChI=1S/C19H22N4O2/c1-11-8-13(10-17(20-11)21-14-6-7-14)18(24)23-16-9-12-4-2-3-5-15(12)22-19(16)25/h8-10,14H,2-7H2,1H3,(H,20,21)(H,22,25)(H,23,24). The van der Waals surface area contributed by atoms with Crippen molar-refractivity contribution < 1.29 is 4.79 Å². The SMILES string of the molecule is Cc1cc(C(=O)Nc2cc3c([nH]c2=O)CCCC3)cc(NC2CC2)n1. The Kier molecular flexibility index (Phi) is 4.03. The average Bonchev–Trinajstić information content (AvgIpc) is 3.39. The maximum atomic E-state index is 12.6. The van der Waals surface area contributed by atoms with Gasteiger partial charge in [-0.3, -0.25) is 9.59 Å². The molecule has 2 aromatic rings. The van der Waals surface area contributed by atoms with E-state index in [9.17, 15) is 9.59 Å². The van der Waals surface area contributed by atoms with Crippen LogP contribution in [0.4, 0.5) is 11.5 Å². The summed E-state index contributed by atoms with van der Waals surface area (Å²) in [5.74, 6) is 0.428. The van der Waals surface area contributed by atoms with Crippen molar-refractivity contribution in [3.8, 4) is 0 Å². The first-order valence-electron chi connectivity index (χ1n) is 8.90. The number of carbonyl (C=O) groups excluding carboxylic acids is 1. The van der Waals surface area contributed by atoms with Crippen LogP contribution in [0.15, 0.2) is 23.0 Å². The smallest absolute Gasteiger partial charge is 0.271 e. The van der Waals surface area contributed by atoms with Gasteiger partial charge in [0.15, 0.2) is 0 Å². The lowest BCUT2D eigenvalue weighted by Gasteiger charge is -2.16. The van der Waals surface area contributed by atoms with Crippen molar-refractivity contribution >= 4 is 17.4 Å². The number of rotatable bonds is 4. The molecule has 0 atom stereocenters.